The minimum absolute atomic E-state index is 0.290. The van der Waals surface area contributed by atoms with Gasteiger partial charge >= 0.3 is 6.03 Å². The van der Waals surface area contributed by atoms with E-state index in [2.05, 4.69) is 24.5 Å². The van der Waals surface area contributed by atoms with Crippen LogP contribution in [0.2, 0.25) is 0 Å². The van der Waals surface area contributed by atoms with Gasteiger partial charge in [-0.3, -0.25) is 14.5 Å². The smallest absolute Gasteiger partial charge is 0.325 e. The third-order valence-electron chi connectivity index (χ3n) is 4.25. The summed E-state index contributed by atoms with van der Waals surface area (Å²) in [7, 11) is 0. The Balaban J connectivity index is 2.20. The number of hydrogen-bond acceptors (Lipinski definition) is 3. The molecule has 0 bridgehead atoms. The largest absolute Gasteiger partial charge is 0.350 e. The van der Waals surface area contributed by atoms with Crippen molar-refractivity contribution in [1.29, 1.82) is 0 Å². The normalized spacial score (nSPS) is 20.8. The molecule has 1 aliphatic rings. The Morgan fingerprint density at radius 2 is 1.76 bits per heavy atom. The molecular formula is C19H27N3O3. The Hall–Kier alpha value is -2.37. The average Bonchev–Trinajstić information content (AvgIpc) is 2.70. The van der Waals surface area contributed by atoms with Crippen molar-refractivity contribution >= 4 is 17.8 Å². The zero-order chi connectivity index (χ0) is 19.0. The summed E-state index contributed by atoms with van der Waals surface area (Å²) in [5, 5.41) is 5.48. The van der Waals surface area contributed by atoms with Gasteiger partial charge < -0.3 is 10.6 Å². The fourth-order valence-electron chi connectivity index (χ4n) is 2.84. The van der Waals surface area contributed by atoms with Gasteiger partial charge in [0.1, 0.15) is 12.1 Å². The first-order valence-electron chi connectivity index (χ1n) is 8.49. The Bertz CT molecular complexity index is 689. The van der Waals surface area contributed by atoms with Gasteiger partial charge in [0.25, 0.3) is 5.91 Å². The fraction of sp³-hybridized carbons (Fsp3) is 0.526. The molecule has 1 aliphatic heterocycles. The second-order valence-electron chi connectivity index (χ2n) is 8.02. The van der Waals surface area contributed by atoms with Gasteiger partial charge in [-0.05, 0) is 44.7 Å². The lowest BCUT2D eigenvalue weighted by atomic mass is 9.90. The van der Waals surface area contributed by atoms with Gasteiger partial charge in [-0.1, -0.05) is 38.1 Å². The van der Waals surface area contributed by atoms with E-state index in [0.29, 0.717) is 11.5 Å². The molecule has 136 valence electrons. The predicted molar refractivity (Wildman–Crippen MR) is 96.0 cm³/mol. The molecule has 1 saturated heterocycles. The van der Waals surface area contributed by atoms with E-state index < -0.39 is 23.0 Å². The highest BCUT2D eigenvalue weighted by molar-refractivity contribution is 6.09. The monoisotopic (exact) mass is 345 g/mol. The van der Waals surface area contributed by atoms with Crippen molar-refractivity contribution in [1.82, 2.24) is 15.5 Å². The first-order valence-corrected chi connectivity index (χ1v) is 8.49. The van der Waals surface area contributed by atoms with Crippen LogP contribution in [0.4, 0.5) is 4.79 Å². The molecule has 0 saturated carbocycles. The van der Waals surface area contributed by atoms with Crippen molar-refractivity contribution in [2.24, 2.45) is 0 Å². The zero-order valence-electron chi connectivity index (χ0n) is 15.8. The number of amides is 4. The number of carbonyl (C=O) groups is 3. The number of imide groups is 1. The van der Waals surface area contributed by atoms with Crippen molar-refractivity contribution in [2.75, 3.05) is 6.54 Å². The highest BCUT2D eigenvalue weighted by Gasteiger charge is 2.49. The molecule has 25 heavy (non-hydrogen) atoms. The van der Waals surface area contributed by atoms with Gasteiger partial charge in [0, 0.05) is 5.54 Å². The van der Waals surface area contributed by atoms with Crippen molar-refractivity contribution in [3.63, 3.8) is 0 Å². The van der Waals surface area contributed by atoms with Crippen molar-refractivity contribution in [3.8, 4) is 0 Å². The molecular weight excluding hydrogens is 318 g/mol. The maximum absolute atomic E-state index is 12.8. The van der Waals surface area contributed by atoms with Crippen molar-refractivity contribution < 1.29 is 14.4 Å². The first-order chi connectivity index (χ1) is 11.4. The number of rotatable bonds is 4. The Labute approximate surface area is 149 Å². The summed E-state index contributed by atoms with van der Waals surface area (Å²) < 4.78 is 0. The molecule has 0 unspecified atom stereocenters. The van der Waals surface area contributed by atoms with E-state index in [1.54, 1.807) is 6.92 Å². The molecule has 0 spiro atoms. The maximum Gasteiger partial charge on any atom is 0.325 e. The predicted octanol–water partition coefficient (Wildman–Crippen LogP) is 2.49. The summed E-state index contributed by atoms with van der Waals surface area (Å²) in [6, 6.07) is 7.07. The lowest BCUT2D eigenvalue weighted by Gasteiger charge is -2.24. The molecule has 1 aromatic rings. The third kappa shape index (κ3) is 4.00. The van der Waals surface area contributed by atoms with E-state index >= 15 is 0 Å². The number of nitrogens with one attached hydrogen (secondary N) is 2. The van der Waals surface area contributed by atoms with Crippen molar-refractivity contribution in [2.45, 2.75) is 58.5 Å². The van der Waals surface area contributed by atoms with Gasteiger partial charge in [-0.25, -0.2) is 4.79 Å². The highest BCUT2D eigenvalue weighted by atomic mass is 16.2. The summed E-state index contributed by atoms with van der Waals surface area (Å²) in [4.78, 5) is 38.1. The second kappa shape index (κ2) is 6.50. The number of benzene rings is 1. The van der Waals surface area contributed by atoms with Crippen LogP contribution in [0, 0.1) is 0 Å². The zero-order valence-corrected chi connectivity index (χ0v) is 15.8. The molecule has 2 N–H and O–H groups in total. The summed E-state index contributed by atoms with van der Waals surface area (Å²) in [5.41, 5.74) is 0.278. The molecule has 0 aliphatic carbocycles. The van der Waals surface area contributed by atoms with Crippen LogP contribution in [0.1, 0.15) is 58.6 Å². The fourth-order valence-corrected chi connectivity index (χ4v) is 2.84. The lowest BCUT2D eigenvalue weighted by molar-refractivity contribution is -0.135. The maximum atomic E-state index is 12.8. The van der Waals surface area contributed by atoms with E-state index in [1.165, 1.54) is 0 Å². The molecule has 1 aromatic carbocycles. The van der Waals surface area contributed by atoms with E-state index in [9.17, 15) is 14.4 Å². The van der Waals surface area contributed by atoms with Crippen LogP contribution < -0.4 is 10.6 Å². The Kier molecular flexibility index (Phi) is 4.93. The molecule has 0 aromatic heterocycles. The van der Waals surface area contributed by atoms with Crippen LogP contribution in [0.25, 0.3) is 0 Å². The van der Waals surface area contributed by atoms with Crippen LogP contribution in [-0.2, 0) is 15.1 Å². The molecule has 0 radical (unpaired) electrons. The van der Waals surface area contributed by atoms with Gasteiger partial charge in [-0.2, -0.15) is 0 Å². The number of urea groups is 1. The molecule has 1 fully saturated rings. The first kappa shape index (κ1) is 19.0. The summed E-state index contributed by atoms with van der Waals surface area (Å²) >= 11 is 0. The minimum Gasteiger partial charge on any atom is -0.350 e. The molecule has 1 atom stereocenters. The summed E-state index contributed by atoms with van der Waals surface area (Å²) in [5.74, 6) is -0.400. The van der Waals surface area contributed by atoms with Crippen LogP contribution in [0.3, 0.4) is 0 Å². The van der Waals surface area contributed by atoms with E-state index in [-0.39, 0.29) is 12.5 Å². The van der Waals surface area contributed by atoms with Crippen LogP contribution >= 0.6 is 0 Å². The Morgan fingerprint density at radius 1 is 1.20 bits per heavy atom. The number of carbonyl (C=O) groups excluding carboxylic acids is 3. The molecule has 4 amide bonds. The molecule has 1 heterocycles. The summed E-state index contributed by atoms with van der Waals surface area (Å²) in [6.45, 7) is 11.1. The molecule has 2 rings (SSSR count). The van der Waals surface area contributed by atoms with Gasteiger partial charge in [-0.15, -0.1) is 0 Å². The number of hydrogen-bond donors (Lipinski definition) is 2. The Morgan fingerprint density at radius 3 is 2.24 bits per heavy atom. The second-order valence-corrected chi connectivity index (χ2v) is 8.02. The van der Waals surface area contributed by atoms with Crippen molar-refractivity contribution in [3.05, 3.63) is 35.4 Å². The average molecular weight is 345 g/mol. The third-order valence-corrected chi connectivity index (χ3v) is 4.25. The van der Waals surface area contributed by atoms with Crippen LogP contribution in [0.15, 0.2) is 24.3 Å². The number of nitrogens with zero attached hydrogens (tertiary/aromatic N) is 1. The highest BCUT2D eigenvalue weighted by Crippen LogP contribution is 2.29. The SMILES string of the molecule is CC(C)c1ccc([C@@]2(C)NC(=O)N(CC(=O)NC(C)(C)C)C2=O)cc1. The quantitative estimate of drug-likeness (QED) is 0.823. The topological polar surface area (TPSA) is 78.5 Å². The van der Waals surface area contributed by atoms with E-state index in [0.717, 1.165) is 10.5 Å². The van der Waals surface area contributed by atoms with Gasteiger partial charge in [0.15, 0.2) is 0 Å². The molecule has 6 heteroatoms. The van der Waals surface area contributed by atoms with E-state index in [1.807, 2.05) is 45.0 Å². The van der Waals surface area contributed by atoms with Crippen LogP contribution in [-0.4, -0.2) is 34.8 Å². The minimum atomic E-state index is -1.16. The summed E-state index contributed by atoms with van der Waals surface area (Å²) in [6.07, 6.45) is 0. The van der Waals surface area contributed by atoms with Gasteiger partial charge in [0.2, 0.25) is 5.91 Å². The van der Waals surface area contributed by atoms with Gasteiger partial charge in [0.05, 0.1) is 0 Å². The lowest BCUT2D eigenvalue weighted by Crippen LogP contribution is -2.48. The van der Waals surface area contributed by atoms with E-state index in [4.69, 9.17) is 0 Å². The standard InChI is InChI=1S/C19H27N3O3/c1-12(2)13-7-9-14(10-8-13)19(6)16(24)22(17(25)21-19)11-15(23)20-18(3,4)5/h7-10,12H,11H2,1-6H3,(H,20,23)(H,21,25)/t19-/m1/s1. The van der Waals surface area contributed by atoms with Crippen LogP contribution in [0.5, 0.6) is 0 Å². The molecule has 6 nitrogen and oxygen atoms in total.